The summed E-state index contributed by atoms with van der Waals surface area (Å²) in [6.45, 7) is 0.952. The third-order valence-corrected chi connectivity index (χ3v) is 4.31. The van der Waals surface area contributed by atoms with Crippen LogP contribution in [-0.2, 0) is 11.2 Å². The second-order valence-electron chi connectivity index (χ2n) is 6.39. The number of carboxylic acids is 1. The van der Waals surface area contributed by atoms with Crippen LogP contribution in [0.25, 0.3) is 11.1 Å². The molecule has 2 aromatic rings. The summed E-state index contributed by atoms with van der Waals surface area (Å²) in [5.74, 6) is -1.03. The van der Waals surface area contributed by atoms with Crippen molar-refractivity contribution in [1.29, 1.82) is 0 Å². The number of carbonyl (C=O) groups excluding carboxylic acids is 1. The van der Waals surface area contributed by atoms with Crippen LogP contribution < -0.4 is 16.4 Å². The second kappa shape index (κ2) is 11.0. The van der Waals surface area contributed by atoms with Crippen molar-refractivity contribution in [2.45, 2.75) is 31.7 Å². The van der Waals surface area contributed by atoms with Gasteiger partial charge >= 0.3 is 12.0 Å². The average molecular weight is 369 g/mol. The highest BCUT2D eigenvalue weighted by molar-refractivity contribution is 5.82. The molecule has 0 saturated heterocycles. The van der Waals surface area contributed by atoms with Gasteiger partial charge < -0.3 is 21.5 Å². The van der Waals surface area contributed by atoms with E-state index in [2.05, 4.69) is 34.9 Å². The molecule has 5 N–H and O–H groups in total. The van der Waals surface area contributed by atoms with E-state index in [-0.39, 0.29) is 0 Å². The third-order valence-electron chi connectivity index (χ3n) is 4.31. The summed E-state index contributed by atoms with van der Waals surface area (Å²) in [6, 6.07) is 17.0. The number of nitrogens with two attached hydrogens (primary N) is 1. The van der Waals surface area contributed by atoms with Crippen molar-refractivity contribution >= 4 is 12.0 Å². The SMILES string of the molecule is NCCCCC(NC(=O)NCCc1ccc(-c2ccccc2)cc1)C(=O)O. The highest BCUT2D eigenvalue weighted by Crippen LogP contribution is 2.19. The molecular formula is C21H27N3O3. The molecule has 0 saturated carbocycles. The molecule has 0 aliphatic carbocycles. The van der Waals surface area contributed by atoms with Crippen molar-refractivity contribution in [3.05, 3.63) is 60.2 Å². The number of nitrogens with one attached hydrogen (secondary N) is 2. The van der Waals surface area contributed by atoms with Crippen molar-refractivity contribution in [2.75, 3.05) is 13.1 Å². The number of carboxylic acid groups (broad SMARTS) is 1. The minimum atomic E-state index is -1.03. The summed E-state index contributed by atoms with van der Waals surface area (Å²) in [6.07, 6.45) is 2.46. The second-order valence-corrected chi connectivity index (χ2v) is 6.39. The first-order chi connectivity index (χ1) is 13.1. The van der Waals surface area contributed by atoms with E-state index in [0.717, 1.165) is 23.1 Å². The number of carbonyl (C=O) groups is 2. The Kier molecular flexibility index (Phi) is 8.32. The summed E-state index contributed by atoms with van der Waals surface area (Å²) >= 11 is 0. The molecule has 0 aromatic heterocycles. The quantitative estimate of drug-likeness (QED) is 0.483. The molecule has 2 rings (SSSR count). The molecule has 1 unspecified atom stereocenters. The molecular weight excluding hydrogens is 342 g/mol. The molecule has 0 aliphatic heterocycles. The van der Waals surface area contributed by atoms with Gasteiger partial charge in [-0.3, -0.25) is 0 Å². The number of hydrogen-bond donors (Lipinski definition) is 4. The highest BCUT2D eigenvalue weighted by atomic mass is 16.4. The predicted molar refractivity (Wildman–Crippen MR) is 106 cm³/mol. The van der Waals surface area contributed by atoms with Gasteiger partial charge in [-0.15, -0.1) is 0 Å². The fraction of sp³-hybridized carbons (Fsp3) is 0.333. The fourth-order valence-corrected chi connectivity index (χ4v) is 2.77. The van der Waals surface area contributed by atoms with Gasteiger partial charge in [-0.1, -0.05) is 54.6 Å². The van der Waals surface area contributed by atoms with Crippen molar-refractivity contribution in [1.82, 2.24) is 10.6 Å². The summed E-state index contributed by atoms with van der Waals surface area (Å²) in [7, 11) is 0. The van der Waals surface area contributed by atoms with Gasteiger partial charge in [0, 0.05) is 6.54 Å². The molecule has 0 fully saturated rings. The maximum atomic E-state index is 11.9. The van der Waals surface area contributed by atoms with E-state index in [4.69, 9.17) is 5.73 Å². The monoisotopic (exact) mass is 369 g/mol. The van der Waals surface area contributed by atoms with Gasteiger partial charge in [0.15, 0.2) is 0 Å². The number of hydrogen-bond acceptors (Lipinski definition) is 3. The van der Waals surface area contributed by atoms with Gasteiger partial charge in [-0.2, -0.15) is 0 Å². The van der Waals surface area contributed by atoms with Gasteiger partial charge in [0.25, 0.3) is 0 Å². The van der Waals surface area contributed by atoms with Crippen LogP contribution in [0.3, 0.4) is 0 Å². The van der Waals surface area contributed by atoms with Gasteiger partial charge in [-0.05, 0) is 48.9 Å². The van der Waals surface area contributed by atoms with Crippen molar-refractivity contribution < 1.29 is 14.7 Å². The molecule has 144 valence electrons. The number of unbranched alkanes of at least 4 members (excludes halogenated alkanes) is 1. The van der Waals surface area contributed by atoms with Crippen molar-refractivity contribution in [3.63, 3.8) is 0 Å². The molecule has 0 bridgehead atoms. The zero-order valence-electron chi connectivity index (χ0n) is 15.4. The Bertz CT molecular complexity index is 717. The maximum Gasteiger partial charge on any atom is 0.326 e. The summed E-state index contributed by atoms with van der Waals surface area (Å²) in [4.78, 5) is 23.1. The number of urea groups is 1. The topological polar surface area (TPSA) is 104 Å². The van der Waals surface area contributed by atoms with E-state index >= 15 is 0 Å². The molecule has 27 heavy (non-hydrogen) atoms. The molecule has 0 aliphatic rings. The average Bonchev–Trinajstić information content (AvgIpc) is 2.68. The maximum absolute atomic E-state index is 11.9. The Morgan fingerprint density at radius 1 is 0.963 bits per heavy atom. The van der Waals surface area contributed by atoms with Crippen LogP contribution in [-0.4, -0.2) is 36.2 Å². The minimum Gasteiger partial charge on any atom is -0.480 e. The molecule has 6 nitrogen and oxygen atoms in total. The lowest BCUT2D eigenvalue weighted by atomic mass is 10.0. The fourth-order valence-electron chi connectivity index (χ4n) is 2.77. The Morgan fingerprint density at radius 3 is 2.26 bits per heavy atom. The molecule has 0 heterocycles. The van der Waals surface area contributed by atoms with E-state index in [1.807, 2.05) is 30.3 Å². The van der Waals surface area contributed by atoms with Crippen LogP contribution in [0.2, 0.25) is 0 Å². The number of aliphatic carboxylic acids is 1. The van der Waals surface area contributed by atoms with E-state index in [0.29, 0.717) is 32.4 Å². The van der Waals surface area contributed by atoms with E-state index < -0.39 is 18.0 Å². The Balaban J connectivity index is 1.76. The molecule has 1 atom stereocenters. The first-order valence-electron chi connectivity index (χ1n) is 9.21. The Labute approximate surface area is 159 Å². The summed E-state index contributed by atoms with van der Waals surface area (Å²) in [5.41, 5.74) is 8.82. The highest BCUT2D eigenvalue weighted by Gasteiger charge is 2.18. The molecule has 6 heteroatoms. The van der Waals surface area contributed by atoms with Crippen LogP contribution in [0.1, 0.15) is 24.8 Å². The molecule has 2 aromatic carbocycles. The van der Waals surface area contributed by atoms with Gasteiger partial charge in [0.2, 0.25) is 0 Å². The van der Waals surface area contributed by atoms with Crippen LogP contribution >= 0.6 is 0 Å². The van der Waals surface area contributed by atoms with Crippen molar-refractivity contribution in [2.24, 2.45) is 5.73 Å². The predicted octanol–water partition coefficient (Wildman–Crippen LogP) is 2.78. The Morgan fingerprint density at radius 2 is 1.63 bits per heavy atom. The van der Waals surface area contributed by atoms with Crippen LogP contribution in [0.15, 0.2) is 54.6 Å². The normalized spacial score (nSPS) is 11.6. The summed E-state index contributed by atoms with van der Waals surface area (Å²) < 4.78 is 0. The number of benzene rings is 2. The standard InChI is InChI=1S/C21H27N3O3/c22-14-5-4-8-19(20(25)26)24-21(27)23-15-13-16-9-11-18(12-10-16)17-6-2-1-3-7-17/h1-3,6-7,9-12,19H,4-5,8,13-15,22H2,(H,25,26)(H2,23,24,27). The lowest BCUT2D eigenvalue weighted by molar-refractivity contribution is -0.139. The smallest absolute Gasteiger partial charge is 0.326 e. The van der Waals surface area contributed by atoms with Gasteiger partial charge in [-0.25, -0.2) is 9.59 Å². The first-order valence-corrected chi connectivity index (χ1v) is 9.21. The van der Waals surface area contributed by atoms with Crippen LogP contribution in [0, 0.1) is 0 Å². The van der Waals surface area contributed by atoms with Crippen LogP contribution in [0.4, 0.5) is 4.79 Å². The van der Waals surface area contributed by atoms with E-state index in [9.17, 15) is 14.7 Å². The first kappa shape index (κ1) is 20.5. The number of amides is 2. The lowest BCUT2D eigenvalue weighted by Crippen LogP contribution is -2.46. The zero-order valence-corrected chi connectivity index (χ0v) is 15.4. The molecule has 0 radical (unpaired) electrons. The largest absolute Gasteiger partial charge is 0.480 e. The molecule has 2 amide bonds. The zero-order chi connectivity index (χ0) is 19.5. The van der Waals surface area contributed by atoms with Crippen LogP contribution in [0.5, 0.6) is 0 Å². The van der Waals surface area contributed by atoms with Gasteiger partial charge in [0.05, 0.1) is 0 Å². The third kappa shape index (κ3) is 7.11. The number of rotatable bonds is 10. The summed E-state index contributed by atoms with van der Waals surface area (Å²) in [5, 5.41) is 14.4. The van der Waals surface area contributed by atoms with Gasteiger partial charge in [0.1, 0.15) is 6.04 Å². The minimum absolute atomic E-state index is 0.376. The van der Waals surface area contributed by atoms with E-state index in [1.54, 1.807) is 0 Å². The lowest BCUT2D eigenvalue weighted by Gasteiger charge is -2.15. The van der Waals surface area contributed by atoms with Crippen molar-refractivity contribution in [3.8, 4) is 11.1 Å². The van der Waals surface area contributed by atoms with E-state index in [1.165, 1.54) is 0 Å². The Hall–Kier alpha value is -2.86. The molecule has 0 spiro atoms.